The van der Waals surface area contributed by atoms with Gasteiger partial charge in [0.05, 0.1) is 42.7 Å². The molecule has 0 amide bonds. The maximum Gasteiger partial charge on any atom is 0.311 e. The predicted molar refractivity (Wildman–Crippen MR) is 238 cm³/mol. The SMILES string of the molecule is CC[C@@H]1OC(=O)[C@H](C)[C@@H](OC2C[C@@](C)(OC)[C@@H](OC(C)=O)[C@H](C)O2)[C@H](C)[C@@H](O[C@@H]2O[C@H](C)C[C@H](N(C)C)[C@H]2O)[C@@](C)(OC)C[C@@H](C)C(=O)[C@@H](C)[C@@H](OCNCc2ccccc2)[C@]1(C)O. The fourth-order valence-corrected chi connectivity index (χ4v) is 10.2. The van der Waals surface area contributed by atoms with Crippen LogP contribution in [-0.4, -0.2) is 152 Å². The Morgan fingerprint density at radius 3 is 2.09 bits per heavy atom. The number of benzene rings is 1. The summed E-state index contributed by atoms with van der Waals surface area (Å²) >= 11 is 0. The minimum atomic E-state index is -1.84. The summed E-state index contributed by atoms with van der Waals surface area (Å²) in [5, 5.41) is 27.5. The van der Waals surface area contributed by atoms with Crippen LogP contribution in [0.3, 0.4) is 0 Å². The van der Waals surface area contributed by atoms with Gasteiger partial charge in [-0.3, -0.25) is 19.7 Å². The Kier molecular flexibility index (Phi) is 19.3. The first-order chi connectivity index (χ1) is 29.9. The highest BCUT2D eigenvalue weighted by Crippen LogP contribution is 2.42. The minimum absolute atomic E-state index is 0.00375. The normalized spacial score (nSPS) is 41.9. The van der Waals surface area contributed by atoms with Crippen molar-refractivity contribution in [3.63, 3.8) is 0 Å². The number of rotatable bonds is 14. The molecule has 3 heterocycles. The zero-order valence-corrected chi connectivity index (χ0v) is 41.0. The molecule has 0 radical (unpaired) electrons. The Hall–Kier alpha value is -2.61. The van der Waals surface area contributed by atoms with Gasteiger partial charge in [-0.1, -0.05) is 58.0 Å². The highest BCUT2D eigenvalue weighted by Gasteiger charge is 2.55. The van der Waals surface area contributed by atoms with Crippen LogP contribution in [-0.2, 0) is 63.6 Å². The Labute approximate surface area is 381 Å². The van der Waals surface area contributed by atoms with Crippen LogP contribution in [0.5, 0.6) is 0 Å². The fraction of sp³-hybridized carbons (Fsp3) is 0.812. The number of methoxy groups -OCH3 is 2. The summed E-state index contributed by atoms with van der Waals surface area (Å²) in [6, 6.07) is 9.47. The second-order valence-corrected chi connectivity index (χ2v) is 19.4. The number of cyclic esters (lactones) is 1. The molecule has 3 N–H and O–H groups in total. The van der Waals surface area contributed by atoms with Crippen LogP contribution in [0.2, 0.25) is 0 Å². The molecule has 3 aliphatic heterocycles. The Morgan fingerprint density at radius 1 is 0.891 bits per heavy atom. The molecule has 16 nitrogen and oxygen atoms in total. The molecule has 1 aromatic rings. The number of hydrogen-bond acceptors (Lipinski definition) is 16. The number of aliphatic hydroxyl groups is 2. The molecule has 3 fully saturated rings. The molecule has 18 atom stereocenters. The minimum Gasteiger partial charge on any atom is -0.459 e. The second-order valence-electron chi connectivity index (χ2n) is 19.4. The maximum atomic E-state index is 14.7. The number of esters is 2. The van der Waals surface area contributed by atoms with Crippen molar-refractivity contribution in [2.75, 3.05) is 35.0 Å². The van der Waals surface area contributed by atoms with Crippen molar-refractivity contribution >= 4 is 17.7 Å². The summed E-state index contributed by atoms with van der Waals surface area (Å²) in [6.07, 6.45) is -8.14. The van der Waals surface area contributed by atoms with Crippen LogP contribution in [0.25, 0.3) is 0 Å². The second kappa shape index (κ2) is 22.9. The molecule has 0 saturated carbocycles. The average molecular weight is 909 g/mol. The van der Waals surface area contributed by atoms with E-state index < -0.39 is 108 Å². The van der Waals surface area contributed by atoms with E-state index in [9.17, 15) is 24.6 Å². The number of carbonyl (C=O) groups is 3. The van der Waals surface area contributed by atoms with Crippen molar-refractivity contribution in [1.29, 1.82) is 0 Å². The van der Waals surface area contributed by atoms with Gasteiger partial charge >= 0.3 is 11.9 Å². The first-order valence-corrected chi connectivity index (χ1v) is 23.0. The van der Waals surface area contributed by atoms with Gasteiger partial charge in [-0.25, -0.2) is 0 Å². The summed E-state index contributed by atoms with van der Waals surface area (Å²) in [5.74, 6) is -4.69. The lowest BCUT2D eigenvalue weighted by Gasteiger charge is -2.50. The van der Waals surface area contributed by atoms with Gasteiger partial charge in [0, 0.05) is 57.9 Å². The molecule has 0 aromatic heterocycles. The first kappa shape index (κ1) is 54.0. The Morgan fingerprint density at radius 2 is 1.52 bits per heavy atom. The quantitative estimate of drug-likeness (QED) is 0.131. The van der Waals surface area contributed by atoms with Crippen LogP contribution in [0.1, 0.15) is 107 Å². The van der Waals surface area contributed by atoms with E-state index in [1.54, 1.807) is 34.6 Å². The summed E-state index contributed by atoms with van der Waals surface area (Å²) in [4.78, 5) is 43.6. The molecule has 1 aromatic carbocycles. The van der Waals surface area contributed by atoms with E-state index in [2.05, 4.69) is 5.32 Å². The highest BCUT2D eigenvalue weighted by molar-refractivity contribution is 5.83. The third-order valence-corrected chi connectivity index (χ3v) is 14.0. The van der Waals surface area contributed by atoms with Gasteiger partial charge in [-0.05, 0) is 80.5 Å². The number of carbonyl (C=O) groups excluding carboxylic acids is 3. The number of aliphatic hydroxyl groups excluding tert-OH is 1. The molecule has 64 heavy (non-hydrogen) atoms. The standard InChI is InChI=1S/C48H80N2O14/c1-16-36-48(11,55)42(58-26-49-25-34-20-18-17-19-21-34)29(4)38(52)27(2)23-46(9,56-14)41(64-45-39(53)35(50(12)13)22-28(3)59-45)30(5)40(31(6)44(54)62-36)63-37-24-47(10,57-15)43(32(7)60-37)61-33(8)51/h17-21,27-32,35-37,39-43,45,49,53,55H,16,22-26H2,1-15H3/t27-,28-,29-,30+,31-,32+,35+,36+,37?,39-,40+,41-,42-,43+,45+,46+,47-,48-/m1/s1. The number of ketones is 1. The van der Waals surface area contributed by atoms with Gasteiger partial charge in [0.1, 0.15) is 35.3 Å². The lowest BCUT2D eigenvalue weighted by atomic mass is 9.73. The summed E-state index contributed by atoms with van der Waals surface area (Å²) in [7, 11) is 6.84. The van der Waals surface area contributed by atoms with E-state index in [4.69, 9.17) is 42.6 Å². The third-order valence-electron chi connectivity index (χ3n) is 14.0. The van der Waals surface area contributed by atoms with E-state index in [0.717, 1.165) is 5.56 Å². The molecule has 0 bridgehead atoms. The largest absolute Gasteiger partial charge is 0.459 e. The first-order valence-electron chi connectivity index (χ1n) is 23.0. The fourth-order valence-electron chi connectivity index (χ4n) is 10.2. The number of likely N-dealkylation sites (N-methyl/N-ethyl adjacent to an activating group) is 1. The number of nitrogens with zero attached hydrogens (tertiary/aromatic N) is 1. The smallest absolute Gasteiger partial charge is 0.311 e. The predicted octanol–water partition coefficient (Wildman–Crippen LogP) is 4.78. The van der Waals surface area contributed by atoms with Crippen molar-refractivity contribution in [3.8, 4) is 0 Å². The molecule has 3 aliphatic rings. The molecule has 16 heteroatoms. The summed E-state index contributed by atoms with van der Waals surface area (Å²) in [5.41, 5.74) is -3.12. The van der Waals surface area contributed by atoms with Crippen molar-refractivity contribution in [2.45, 2.75) is 193 Å². The average Bonchev–Trinajstić information content (AvgIpc) is 3.24. The van der Waals surface area contributed by atoms with Gasteiger partial charge in [0.15, 0.2) is 18.7 Å². The van der Waals surface area contributed by atoms with Crippen LogP contribution in [0.15, 0.2) is 30.3 Å². The van der Waals surface area contributed by atoms with Gasteiger partial charge in [0.2, 0.25) is 0 Å². The molecule has 4 rings (SSSR count). The van der Waals surface area contributed by atoms with E-state index in [1.807, 2.05) is 83.9 Å². The van der Waals surface area contributed by atoms with Crippen molar-refractivity contribution in [2.24, 2.45) is 23.7 Å². The lowest BCUT2D eigenvalue weighted by molar-refractivity contribution is -0.320. The lowest BCUT2D eigenvalue weighted by Crippen LogP contribution is -2.62. The molecule has 3 saturated heterocycles. The van der Waals surface area contributed by atoms with Gasteiger partial charge in [0.25, 0.3) is 0 Å². The Balaban J connectivity index is 1.83. The number of nitrogens with one attached hydrogen (secondary N) is 1. The highest BCUT2D eigenvalue weighted by atomic mass is 16.7. The number of ether oxygens (including phenoxy) is 9. The topological polar surface area (TPSA) is 190 Å². The van der Waals surface area contributed by atoms with E-state index in [-0.39, 0.29) is 43.9 Å². The Bertz CT molecular complexity index is 1650. The van der Waals surface area contributed by atoms with E-state index in [0.29, 0.717) is 13.0 Å². The van der Waals surface area contributed by atoms with Crippen LogP contribution >= 0.6 is 0 Å². The number of Topliss-reactive ketones (excluding diaryl/α,β-unsaturated/α-hetero) is 1. The van der Waals surface area contributed by atoms with E-state index >= 15 is 0 Å². The zero-order valence-electron chi connectivity index (χ0n) is 41.0. The van der Waals surface area contributed by atoms with Crippen LogP contribution in [0.4, 0.5) is 0 Å². The molecular weight excluding hydrogens is 829 g/mol. The zero-order chi connectivity index (χ0) is 47.9. The summed E-state index contributed by atoms with van der Waals surface area (Å²) < 4.78 is 57.4. The van der Waals surface area contributed by atoms with Crippen molar-refractivity contribution in [1.82, 2.24) is 10.2 Å². The monoisotopic (exact) mass is 909 g/mol. The van der Waals surface area contributed by atoms with Gasteiger partial charge < -0.3 is 57.7 Å². The van der Waals surface area contributed by atoms with Gasteiger partial charge in [-0.2, -0.15) is 0 Å². The summed E-state index contributed by atoms with van der Waals surface area (Å²) in [6.45, 7) is 19.6. The maximum absolute atomic E-state index is 14.7. The number of hydrogen-bond donors (Lipinski definition) is 3. The third kappa shape index (κ3) is 12.7. The van der Waals surface area contributed by atoms with Gasteiger partial charge in [-0.15, -0.1) is 0 Å². The molecular formula is C48H80N2O14. The molecule has 0 spiro atoms. The van der Waals surface area contributed by atoms with Crippen LogP contribution in [0, 0.1) is 23.7 Å². The van der Waals surface area contributed by atoms with Crippen molar-refractivity contribution in [3.05, 3.63) is 35.9 Å². The van der Waals surface area contributed by atoms with Crippen molar-refractivity contribution < 1.29 is 67.2 Å². The molecule has 366 valence electrons. The van der Waals surface area contributed by atoms with E-state index in [1.165, 1.54) is 21.1 Å². The molecule has 1 unspecified atom stereocenters. The molecule has 0 aliphatic carbocycles. The van der Waals surface area contributed by atoms with Crippen LogP contribution < -0.4 is 5.32 Å².